The number of nitrogens with zero attached hydrogens (tertiary/aromatic N) is 1. The summed E-state index contributed by atoms with van der Waals surface area (Å²) in [7, 11) is 1.59. The highest BCUT2D eigenvalue weighted by Crippen LogP contribution is 2.25. The quantitative estimate of drug-likeness (QED) is 0.306. The molecule has 0 unspecified atom stereocenters. The monoisotopic (exact) mass is 492 g/mol. The van der Waals surface area contributed by atoms with Gasteiger partial charge in [0.25, 0.3) is 11.8 Å². The summed E-state index contributed by atoms with van der Waals surface area (Å²) in [6.07, 6.45) is 2.46. The van der Waals surface area contributed by atoms with Crippen LogP contribution in [-0.2, 0) is 16.0 Å². The van der Waals surface area contributed by atoms with Gasteiger partial charge in [0.1, 0.15) is 11.3 Å². The fourth-order valence-electron chi connectivity index (χ4n) is 2.71. The lowest BCUT2D eigenvalue weighted by atomic mass is 10.1. The Kier molecular flexibility index (Phi) is 5.91. The average molecular weight is 492 g/mol. The lowest BCUT2D eigenvalue weighted by Gasteiger charge is -2.29. The minimum atomic E-state index is -0.503. The van der Waals surface area contributed by atoms with Crippen LogP contribution in [0.25, 0.3) is 6.08 Å². The predicted octanol–water partition coefficient (Wildman–Crippen LogP) is 3.69. The van der Waals surface area contributed by atoms with Gasteiger partial charge < -0.3 is 4.74 Å². The molecule has 1 aliphatic rings. The zero-order valence-corrected chi connectivity index (χ0v) is 17.8. The summed E-state index contributed by atoms with van der Waals surface area (Å²) < 4.78 is 6.13. The second-order valence-electron chi connectivity index (χ2n) is 5.87. The van der Waals surface area contributed by atoms with Crippen LogP contribution in [0.1, 0.15) is 18.1 Å². The Morgan fingerprint density at radius 1 is 1.19 bits per heavy atom. The number of nitrogens with one attached hydrogen (secondary N) is 1. The summed E-state index contributed by atoms with van der Waals surface area (Å²) in [5, 5.41) is 2.68. The van der Waals surface area contributed by atoms with Crippen LogP contribution in [0, 0.1) is 3.57 Å². The third-order valence-electron chi connectivity index (χ3n) is 4.19. The second kappa shape index (κ2) is 8.18. The van der Waals surface area contributed by atoms with E-state index in [9.17, 15) is 9.59 Å². The van der Waals surface area contributed by atoms with Crippen molar-refractivity contribution >= 4 is 63.5 Å². The van der Waals surface area contributed by atoms with Gasteiger partial charge in [-0.3, -0.25) is 19.8 Å². The van der Waals surface area contributed by atoms with Crippen molar-refractivity contribution in [3.8, 4) is 5.75 Å². The Balaban J connectivity index is 1.97. The van der Waals surface area contributed by atoms with Crippen LogP contribution >= 0.6 is 34.8 Å². The largest absolute Gasteiger partial charge is 0.496 e. The molecule has 27 heavy (non-hydrogen) atoms. The van der Waals surface area contributed by atoms with Gasteiger partial charge in [0.2, 0.25) is 0 Å². The van der Waals surface area contributed by atoms with Crippen molar-refractivity contribution in [2.75, 3.05) is 12.0 Å². The highest BCUT2D eigenvalue weighted by atomic mass is 127. The number of hydrogen-bond donors (Lipinski definition) is 1. The molecule has 7 heteroatoms. The first kappa shape index (κ1) is 19.5. The van der Waals surface area contributed by atoms with Crippen molar-refractivity contribution in [2.45, 2.75) is 13.3 Å². The van der Waals surface area contributed by atoms with Crippen LogP contribution in [0.5, 0.6) is 5.75 Å². The highest BCUT2D eigenvalue weighted by Gasteiger charge is 2.34. The number of thiocarbonyl (C=S) groups is 1. The Morgan fingerprint density at radius 2 is 1.89 bits per heavy atom. The molecule has 2 aromatic rings. The molecule has 0 saturated carbocycles. The molecule has 0 bridgehead atoms. The van der Waals surface area contributed by atoms with E-state index in [4.69, 9.17) is 17.0 Å². The Hall–Kier alpha value is -2.26. The maximum Gasteiger partial charge on any atom is 0.270 e. The number of rotatable bonds is 4. The van der Waals surface area contributed by atoms with E-state index in [1.807, 2.05) is 30.3 Å². The number of amides is 2. The van der Waals surface area contributed by atoms with Crippen LogP contribution in [0.3, 0.4) is 0 Å². The summed E-state index contributed by atoms with van der Waals surface area (Å²) in [5.41, 5.74) is 2.54. The fraction of sp³-hybridized carbons (Fsp3) is 0.150. The summed E-state index contributed by atoms with van der Waals surface area (Å²) in [4.78, 5) is 26.7. The number of benzene rings is 2. The normalized spacial score (nSPS) is 15.9. The topological polar surface area (TPSA) is 58.6 Å². The number of aryl methyl sites for hydroxylation is 1. The molecule has 1 fully saturated rings. The van der Waals surface area contributed by atoms with E-state index in [0.29, 0.717) is 5.69 Å². The standard InChI is InChI=1S/C20H17IN2O3S/c1-3-12-4-7-14(8-5-12)23-19(25)15(18(24)22-20(23)27)10-13-6-9-17(26-2)16(21)11-13/h4-11H,3H2,1-2H3,(H,22,24,27)/b15-10+. The number of hydrogen-bond acceptors (Lipinski definition) is 4. The van der Waals surface area contributed by atoms with Crippen molar-refractivity contribution in [1.29, 1.82) is 0 Å². The number of carbonyl (C=O) groups is 2. The molecule has 0 aliphatic carbocycles. The molecule has 2 aromatic carbocycles. The van der Waals surface area contributed by atoms with E-state index in [2.05, 4.69) is 34.8 Å². The maximum absolute atomic E-state index is 13.0. The Labute approximate surface area is 176 Å². The first-order valence-electron chi connectivity index (χ1n) is 8.28. The van der Waals surface area contributed by atoms with Gasteiger partial charge in [-0.1, -0.05) is 25.1 Å². The van der Waals surface area contributed by atoms with Gasteiger partial charge in [0.15, 0.2) is 5.11 Å². The van der Waals surface area contributed by atoms with Gasteiger partial charge in [-0.2, -0.15) is 0 Å². The maximum atomic E-state index is 13.0. The van der Waals surface area contributed by atoms with E-state index >= 15 is 0 Å². The second-order valence-corrected chi connectivity index (χ2v) is 7.42. The predicted molar refractivity (Wildman–Crippen MR) is 118 cm³/mol. The first-order chi connectivity index (χ1) is 12.9. The van der Waals surface area contributed by atoms with Crippen molar-refractivity contribution in [1.82, 2.24) is 5.32 Å². The molecule has 3 rings (SSSR count). The fourth-order valence-corrected chi connectivity index (χ4v) is 3.75. The van der Waals surface area contributed by atoms with E-state index in [0.717, 1.165) is 26.9 Å². The molecule has 0 radical (unpaired) electrons. The third kappa shape index (κ3) is 4.03. The number of methoxy groups -OCH3 is 1. The van der Waals surface area contributed by atoms with E-state index in [-0.39, 0.29) is 10.7 Å². The molecule has 0 aromatic heterocycles. The lowest BCUT2D eigenvalue weighted by Crippen LogP contribution is -2.54. The van der Waals surface area contributed by atoms with Crippen LogP contribution in [-0.4, -0.2) is 24.0 Å². The molecule has 0 atom stereocenters. The molecule has 138 valence electrons. The minimum absolute atomic E-state index is 0.0316. The average Bonchev–Trinajstić information content (AvgIpc) is 2.65. The van der Waals surface area contributed by atoms with Gasteiger partial charge in [-0.15, -0.1) is 0 Å². The molecule has 1 N–H and O–H groups in total. The van der Waals surface area contributed by atoms with Crippen molar-refractivity contribution in [2.24, 2.45) is 0 Å². The zero-order valence-electron chi connectivity index (χ0n) is 14.8. The minimum Gasteiger partial charge on any atom is -0.496 e. The molecular formula is C20H17IN2O3S. The zero-order chi connectivity index (χ0) is 19.6. The highest BCUT2D eigenvalue weighted by molar-refractivity contribution is 14.1. The van der Waals surface area contributed by atoms with Gasteiger partial charge in [-0.25, -0.2) is 0 Å². The smallest absolute Gasteiger partial charge is 0.270 e. The number of halogens is 1. The molecular weight excluding hydrogens is 475 g/mol. The molecule has 2 amide bonds. The van der Waals surface area contributed by atoms with Crippen LogP contribution in [0.4, 0.5) is 5.69 Å². The van der Waals surface area contributed by atoms with Gasteiger partial charge in [-0.05, 0) is 82.7 Å². The van der Waals surface area contributed by atoms with Crippen LogP contribution in [0.15, 0.2) is 48.0 Å². The van der Waals surface area contributed by atoms with Crippen LogP contribution < -0.4 is 15.0 Å². The van der Waals surface area contributed by atoms with Crippen molar-refractivity contribution in [3.05, 3.63) is 62.7 Å². The SMILES string of the molecule is CCc1ccc(N2C(=O)/C(=C/c3ccc(OC)c(I)c3)C(=O)NC2=S)cc1. The third-order valence-corrected chi connectivity index (χ3v) is 5.32. The Morgan fingerprint density at radius 3 is 2.48 bits per heavy atom. The van der Waals surface area contributed by atoms with E-state index < -0.39 is 11.8 Å². The molecule has 5 nitrogen and oxygen atoms in total. The Bertz CT molecular complexity index is 954. The number of ether oxygens (including phenoxy) is 1. The summed E-state index contributed by atoms with van der Waals surface area (Å²) in [5.74, 6) is -0.216. The van der Waals surface area contributed by atoms with E-state index in [1.54, 1.807) is 25.3 Å². The van der Waals surface area contributed by atoms with Gasteiger partial charge >= 0.3 is 0 Å². The number of anilines is 1. The van der Waals surface area contributed by atoms with Gasteiger partial charge in [0.05, 0.1) is 16.4 Å². The van der Waals surface area contributed by atoms with Crippen molar-refractivity contribution < 1.29 is 14.3 Å². The molecule has 1 saturated heterocycles. The summed E-state index contributed by atoms with van der Waals surface area (Å²) in [6.45, 7) is 2.06. The summed E-state index contributed by atoms with van der Waals surface area (Å²) >= 11 is 7.37. The first-order valence-corrected chi connectivity index (χ1v) is 9.77. The number of carbonyl (C=O) groups excluding carboxylic acids is 2. The molecule has 0 spiro atoms. The summed E-state index contributed by atoms with van der Waals surface area (Å²) in [6, 6.07) is 13.0. The van der Waals surface area contributed by atoms with Crippen molar-refractivity contribution in [3.63, 3.8) is 0 Å². The molecule has 1 aliphatic heterocycles. The van der Waals surface area contributed by atoms with Crippen LogP contribution in [0.2, 0.25) is 0 Å². The van der Waals surface area contributed by atoms with Gasteiger partial charge in [0, 0.05) is 0 Å². The van der Waals surface area contributed by atoms with E-state index in [1.165, 1.54) is 4.90 Å². The molecule has 1 heterocycles. The lowest BCUT2D eigenvalue weighted by molar-refractivity contribution is -0.122.